The molecule has 9 nitrogen and oxygen atoms in total. The molecule has 36 heavy (non-hydrogen) atoms. The monoisotopic (exact) mass is 514 g/mol. The molecule has 5 rings (SSSR count). The predicted molar refractivity (Wildman–Crippen MR) is 136 cm³/mol. The molecular formula is C26H34N4O5S. The Kier molecular flexibility index (Phi) is 7.43. The molecule has 3 heterocycles. The largest absolute Gasteiger partial charge is 0.493 e. The van der Waals surface area contributed by atoms with E-state index < -0.39 is 0 Å². The maximum atomic E-state index is 13.4. The van der Waals surface area contributed by atoms with E-state index in [-0.39, 0.29) is 36.3 Å². The van der Waals surface area contributed by atoms with E-state index in [1.165, 1.54) is 11.5 Å². The molecule has 0 bridgehead atoms. The number of anilines is 1. The van der Waals surface area contributed by atoms with Crippen LogP contribution in [0.3, 0.4) is 0 Å². The summed E-state index contributed by atoms with van der Waals surface area (Å²) in [5.74, 6) is 2.67. The lowest BCUT2D eigenvalue weighted by molar-refractivity contribution is -0.132. The Balaban J connectivity index is 1.27. The molecule has 3 fully saturated rings. The Morgan fingerprint density at radius 2 is 2.11 bits per heavy atom. The number of hydrogen-bond acceptors (Lipinski definition) is 8. The van der Waals surface area contributed by atoms with Crippen molar-refractivity contribution in [3.8, 4) is 11.5 Å². The van der Waals surface area contributed by atoms with Crippen molar-refractivity contribution in [1.29, 1.82) is 0 Å². The number of rotatable bonds is 10. The fourth-order valence-electron chi connectivity index (χ4n) is 4.64. The highest BCUT2D eigenvalue weighted by Crippen LogP contribution is 2.37. The molecule has 2 amide bonds. The van der Waals surface area contributed by atoms with Crippen molar-refractivity contribution >= 4 is 28.5 Å². The fraction of sp³-hybridized carbons (Fsp3) is 0.615. The summed E-state index contributed by atoms with van der Waals surface area (Å²) in [6.45, 7) is 6.53. The van der Waals surface area contributed by atoms with E-state index in [0.29, 0.717) is 55.3 Å². The molecule has 2 aromatic rings. The van der Waals surface area contributed by atoms with Gasteiger partial charge in [-0.1, -0.05) is 19.9 Å². The van der Waals surface area contributed by atoms with E-state index in [9.17, 15) is 9.59 Å². The van der Waals surface area contributed by atoms with Crippen molar-refractivity contribution in [2.75, 3.05) is 44.9 Å². The number of ether oxygens (including phenoxy) is 3. The third-order valence-corrected chi connectivity index (χ3v) is 7.75. The molecule has 1 aliphatic carbocycles. The number of carbonyl (C=O) groups is 2. The summed E-state index contributed by atoms with van der Waals surface area (Å²) in [6.07, 6.45) is 3.46. The molecule has 0 radical (unpaired) electrons. The Morgan fingerprint density at radius 3 is 2.78 bits per heavy atom. The molecule has 2 aliphatic heterocycles. The summed E-state index contributed by atoms with van der Waals surface area (Å²) in [4.78, 5) is 34.3. The van der Waals surface area contributed by atoms with Crippen LogP contribution in [0.4, 0.5) is 5.13 Å². The first-order valence-electron chi connectivity index (χ1n) is 12.7. The first-order chi connectivity index (χ1) is 17.4. The van der Waals surface area contributed by atoms with Gasteiger partial charge in [0.05, 0.1) is 20.3 Å². The molecule has 1 aromatic carbocycles. The summed E-state index contributed by atoms with van der Waals surface area (Å²) in [7, 11) is 1.62. The van der Waals surface area contributed by atoms with Gasteiger partial charge < -0.3 is 19.1 Å². The highest BCUT2D eigenvalue weighted by atomic mass is 32.1. The van der Waals surface area contributed by atoms with Crippen molar-refractivity contribution < 1.29 is 23.8 Å². The number of hydrogen-bond donors (Lipinski definition) is 0. The van der Waals surface area contributed by atoms with Crippen molar-refractivity contribution in [3.05, 3.63) is 29.6 Å². The molecule has 2 saturated heterocycles. The lowest BCUT2D eigenvalue weighted by Crippen LogP contribution is -2.42. The molecule has 194 valence electrons. The van der Waals surface area contributed by atoms with Crippen LogP contribution in [0.1, 0.15) is 62.8 Å². The number of nitrogens with zero attached hydrogens (tertiary/aromatic N) is 4. The summed E-state index contributed by atoms with van der Waals surface area (Å²) >= 11 is 1.26. The molecule has 1 saturated carbocycles. The Morgan fingerprint density at radius 1 is 1.28 bits per heavy atom. The average molecular weight is 515 g/mol. The molecule has 0 spiro atoms. The van der Waals surface area contributed by atoms with Gasteiger partial charge in [-0.05, 0) is 36.5 Å². The summed E-state index contributed by atoms with van der Waals surface area (Å²) < 4.78 is 21.5. The lowest BCUT2D eigenvalue weighted by atomic mass is 9.98. The van der Waals surface area contributed by atoms with Crippen LogP contribution >= 0.6 is 11.5 Å². The van der Waals surface area contributed by atoms with Crippen molar-refractivity contribution in [2.24, 2.45) is 5.92 Å². The molecule has 0 N–H and O–H groups in total. The second-order valence-electron chi connectivity index (χ2n) is 10.2. The first kappa shape index (κ1) is 25.0. The molecule has 1 aromatic heterocycles. The average Bonchev–Trinajstić information content (AvgIpc) is 3.22. The van der Waals surface area contributed by atoms with Crippen molar-refractivity contribution in [3.63, 3.8) is 0 Å². The highest BCUT2D eigenvalue weighted by molar-refractivity contribution is 7.09. The van der Waals surface area contributed by atoms with Crippen LogP contribution in [0.25, 0.3) is 0 Å². The van der Waals surface area contributed by atoms with Crippen molar-refractivity contribution in [2.45, 2.75) is 57.5 Å². The maximum Gasteiger partial charge on any atom is 0.248 e. The van der Waals surface area contributed by atoms with Crippen LogP contribution in [0.5, 0.6) is 11.5 Å². The van der Waals surface area contributed by atoms with E-state index in [1.807, 2.05) is 32.0 Å². The van der Waals surface area contributed by atoms with Gasteiger partial charge in [0, 0.05) is 49.3 Å². The summed E-state index contributed by atoms with van der Waals surface area (Å²) in [5.41, 5.74) is 1.01. The molecule has 0 unspecified atom stereocenters. The van der Waals surface area contributed by atoms with Crippen LogP contribution < -0.4 is 14.4 Å². The number of methoxy groups -OCH3 is 1. The number of carbonyl (C=O) groups excluding carboxylic acids is 2. The van der Waals surface area contributed by atoms with Crippen molar-refractivity contribution in [1.82, 2.24) is 14.3 Å². The SMILES string of the molecule is COc1ccc([C@@H]2CC(=O)N(CC(=O)N(CC3CC3)c3nc(C(C)C)ns3)C2)cc1O[C@@H]1CCOC1. The number of aromatic nitrogens is 2. The van der Waals surface area contributed by atoms with Crippen LogP contribution in [0.15, 0.2) is 18.2 Å². The van der Waals surface area contributed by atoms with E-state index in [1.54, 1.807) is 16.9 Å². The van der Waals surface area contributed by atoms with Gasteiger partial charge in [0.1, 0.15) is 18.5 Å². The Hall–Kier alpha value is -2.72. The maximum absolute atomic E-state index is 13.4. The van der Waals surface area contributed by atoms with E-state index >= 15 is 0 Å². The van der Waals surface area contributed by atoms with E-state index in [4.69, 9.17) is 14.2 Å². The highest BCUT2D eigenvalue weighted by Gasteiger charge is 2.36. The zero-order chi connectivity index (χ0) is 25.2. The molecule has 3 aliphatic rings. The summed E-state index contributed by atoms with van der Waals surface area (Å²) in [6, 6.07) is 5.83. The zero-order valence-electron chi connectivity index (χ0n) is 21.1. The number of amides is 2. The first-order valence-corrected chi connectivity index (χ1v) is 13.5. The Bertz CT molecular complexity index is 1100. The van der Waals surface area contributed by atoms with Gasteiger partial charge in [-0.3, -0.25) is 14.5 Å². The fourth-order valence-corrected chi connectivity index (χ4v) is 5.47. The van der Waals surface area contributed by atoms with Gasteiger partial charge in [0.2, 0.25) is 16.9 Å². The summed E-state index contributed by atoms with van der Waals surface area (Å²) in [5, 5.41) is 0.631. The van der Waals surface area contributed by atoms with Gasteiger partial charge in [0.15, 0.2) is 11.5 Å². The normalized spacial score (nSPS) is 21.9. The van der Waals surface area contributed by atoms with Crippen LogP contribution in [-0.4, -0.2) is 72.1 Å². The van der Waals surface area contributed by atoms with Crippen LogP contribution in [0.2, 0.25) is 0 Å². The third-order valence-electron chi connectivity index (χ3n) is 7.00. The molecule has 2 atom stereocenters. The van der Waals surface area contributed by atoms with Crippen LogP contribution in [0, 0.1) is 5.92 Å². The molecular weight excluding hydrogens is 480 g/mol. The minimum absolute atomic E-state index is 0.00231. The second-order valence-corrected chi connectivity index (χ2v) is 11.0. The minimum Gasteiger partial charge on any atom is -0.493 e. The predicted octanol–water partition coefficient (Wildman–Crippen LogP) is 3.60. The van der Waals surface area contributed by atoms with E-state index in [0.717, 1.165) is 30.7 Å². The minimum atomic E-state index is -0.0951. The van der Waals surface area contributed by atoms with Gasteiger partial charge in [-0.15, -0.1) is 0 Å². The second kappa shape index (κ2) is 10.7. The lowest BCUT2D eigenvalue weighted by Gasteiger charge is -2.23. The van der Waals surface area contributed by atoms with Gasteiger partial charge >= 0.3 is 0 Å². The molecule has 10 heteroatoms. The topological polar surface area (TPSA) is 94.1 Å². The number of likely N-dealkylation sites (tertiary alicyclic amines) is 1. The van der Waals surface area contributed by atoms with Gasteiger partial charge in [-0.2, -0.15) is 4.37 Å². The Labute approximate surface area is 215 Å². The zero-order valence-corrected chi connectivity index (χ0v) is 22.0. The van der Waals surface area contributed by atoms with Crippen LogP contribution in [-0.2, 0) is 14.3 Å². The van der Waals surface area contributed by atoms with E-state index in [2.05, 4.69) is 9.36 Å². The van der Waals surface area contributed by atoms with Gasteiger partial charge in [-0.25, -0.2) is 4.98 Å². The quantitative estimate of drug-likeness (QED) is 0.478. The third kappa shape index (κ3) is 5.64. The standard InChI is InChI=1S/C26H34N4O5S/c1-16(2)25-27-26(36-28-25)30(12-17-4-5-17)24(32)14-29-13-19(11-23(29)31)18-6-7-21(33-3)22(10-18)35-20-8-9-34-15-20/h6-7,10,16-17,19-20H,4-5,8-9,11-15H2,1-3H3/t19-,20-/m1/s1. The smallest absolute Gasteiger partial charge is 0.248 e. The number of benzene rings is 1. The van der Waals surface area contributed by atoms with Gasteiger partial charge in [0.25, 0.3) is 0 Å².